The monoisotopic (exact) mass is 278 g/mol. The third-order valence-corrected chi connectivity index (χ3v) is 3.96. The maximum Gasteiger partial charge on any atom is 0.239 e. The van der Waals surface area contributed by atoms with E-state index in [1.165, 1.54) is 0 Å². The molecule has 2 aliphatic rings. The van der Waals surface area contributed by atoms with Gasteiger partial charge in [-0.05, 0) is 31.9 Å². The number of carbonyl (C=O) groups is 1. The molecule has 0 radical (unpaired) electrons. The molecule has 3 heterocycles. The van der Waals surface area contributed by atoms with Crippen molar-refractivity contribution in [1.29, 1.82) is 0 Å². The minimum Gasteiger partial charge on any atom is -0.373 e. The van der Waals surface area contributed by atoms with Gasteiger partial charge in [0.1, 0.15) is 0 Å². The van der Waals surface area contributed by atoms with Crippen LogP contribution in [0.3, 0.4) is 0 Å². The fraction of sp³-hybridized carbons (Fsp3) is 0.714. The first-order valence-electron chi connectivity index (χ1n) is 7.35. The maximum atomic E-state index is 12.4. The zero-order valence-corrected chi connectivity index (χ0v) is 11.9. The number of carbonyl (C=O) groups excluding carboxylic acids is 1. The normalized spacial score (nSPS) is 26.9. The molecule has 2 unspecified atom stereocenters. The Morgan fingerprint density at radius 3 is 3.20 bits per heavy atom. The lowest BCUT2D eigenvalue weighted by Gasteiger charge is -2.34. The average Bonchev–Trinajstić information content (AvgIpc) is 3.10. The minimum atomic E-state index is 0.0145. The molecule has 0 saturated carbocycles. The summed E-state index contributed by atoms with van der Waals surface area (Å²) in [6.07, 6.45) is 5.93. The predicted octanol–water partition coefficient (Wildman–Crippen LogP) is 0.171. The van der Waals surface area contributed by atoms with Crippen molar-refractivity contribution in [2.45, 2.75) is 38.5 Å². The number of nitrogens with one attached hydrogen (secondary N) is 1. The lowest BCUT2D eigenvalue weighted by atomic mass is 10.1. The molecular weight excluding hydrogens is 256 g/mol. The van der Waals surface area contributed by atoms with Crippen molar-refractivity contribution in [1.82, 2.24) is 20.0 Å². The van der Waals surface area contributed by atoms with Crippen LogP contribution in [0.15, 0.2) is 12.4 Å². The van der Waals surface area contributed by atoms with Crippen LogP contribution in [0.5, 0.6) is 0 Å². The van der Waals surface area contributed by atoms with Gasteiger partial charge in [-0.2, -0.15) is 5.10 Å². The Bertz CT molecular complexity index is 467. The van der Waals surface area contributed by atoms with Crippen LogP contribution < -0.4 is 5.32 Å². The van der Waals surface area contributed by atoms with Gasteiger partial charge >= 0.3 is 0 Å². The van der Waals surface area contributed by atoms with Crippen LogP contribution in [0.1, 0.15) is 18.4 Å². The second-order valence-electron chi connectivity index (χ2n) is 5.67. The smallest absolute Gasteiger partial charge is 0.239 e. The number of ether oxygens (including phenoxy) is 1. The topological polar surface area (TPSA) is 59.4 Å². The Labute approximate surface area is 119 Å². The van der Waals surface area contributed by atoms with Crippen molar-refractivity contribution >= 4 is 5.91 Å². The fourth-order valence-electron chi connectivity index (χ4n) is 2.92. The van der Waals surface area contributed by atoms with E-state index in [9.17, 15) is 4.79 Å². The molecule has 2 aliphatic heterocycles. The van der Waals surface area contributed by atoms with E-state index in [0.717, 1.165) is 24.9 Å². The van der Waals surface area contributed by atoms with Crippen LogP contribution in [0.2, 0.25) is 0 Å². The predicted molar refractivity (Wildman–Crippen MR) is 74.3 cm³/mol. The van der Waals surface area contributed by atoms with E-state index < -0.39 is 0 Å². The molecule has 0 aromatic carbocycles. The molecule has 6 nitrogen and oxygen atoms in total. The molecule has 3 rings (SSSR count). The summed E-state index contributed by atoms with van der Waals surface area (Å²) < 4.78 is 7.65. The van der Waals surface area contributed by atoms with E-state index in [1.54, 1.807) is 0 Å². The molecule has 2 atom stereocenters. The Morgan fingerprint density at radius 1 is 1.60 bits per heavy atom. The number of hydrogen-bond donors (Lipinski definition) is 1. The van der Waals surface area contributed by atoms with Gasteiger partial charge in [0.05, 0.1) is 31.5 Å². The van der Waals surface area contributed by atoms with Crippen molar-refractivity contribution in [3.05, 3.63) is 18.0 Å². The molecule has 1 aromatic rings. The molecule has 0 bridgehead atoms. The van der Waals surface area contributed by atoms with E-state index in [-0.39, 0.29) is 18.1 Å². The van der Waals surface area contributed by atoms with Crippen LogP contribution in [-0.4, -0.2) is 59.0 Å². The molecule has 2 saturated heterocycles. The Kier molecular flexibility index (Phi) is 4.03. The summed E-state index contributed by atoms with van der Waals surface area (Å²) in [5.41, 5.74) is 1.14. The van der Waals surface area contributed by atoms with Gasteiger partial charge in [0.15, 0.2) is 0 Å². The number of aromatic nitrogens is 2. The summed E-state index contributed by atoms with van der Waals surface area (Å²) in [7, 11) is 0. The highest BCUT2D eigenvalue weighted by Crippen LogP contribution is 2.13. The number of morpholine rings is 1. The van der Waals surface area contributed by atoms with Gasteiger partial charge in [0.2, 0.25) is 5.91 Å². The Balaban J connectivity index is 1.57. The molecule has 1 N–H and O–H groups in total. The molecule has 2 fully saturated rings. The van der Waals surface area contributed by atoms with E-state index in [0.29, 0.717) is 26.2 Å². The van der Waals surface area contributed by atoms with Crippen LogP contribution in [0.25, 0.3) is 0 Å². The fourth-order valence-corrected chi connectivity index (χ4v) is 2.92. The van der Waals surface area contributed by atoms with Gasteiger partial charge in [-0.25, -0.2) is 0 Å². The van der Waals surface area contributed by atoms with Crippen LogP contribution in [-0.2, 0) is 16.1 Å². The second kappa shape index (κ2) is 5.93. The summed E-state index contributed by atoms with van der Waals surface area (Å²) >= 11 is 0. The third kappa shape index (κ3) is 3.02. The molecule has 6 heteroatoms. The van der Waals surface area contributed by atoms with Crippen LogP contribution >= 0.6 is 0 Å². The van der Waals surface area contributed by atoms with Crippen molar-refractivity contribution < 1.29 is 9.53 Å². The van der Waals surface area contributed by atoms with Gasteiger partial charge in [-0.15, -0.1) is 0 Å². The molecule has 110 valence electrons. The Hall–Kier alpha value is -1.40. The molecule has 0 aliphatic carbocycles. The van der Waals surface area contributed by atoms with E-state index >= 15 is 0 Å². The van der Waals surface area contributed by atoms with Crippen LogP contribution in [0.4, 0.5) is 0 Å². The van der Waals surface area contributed by atoms with Crippen molar-refractivity contribution in [3.63, 3.8) is 0 Å². The maximum absolute atomic E-state index is 12.4. The lowest BCUT2D eigenvalue weighted by molar-refractivity contribution is -0.141. The SMILES string of the molecule is Cc1cnn(CC2CN(C(=O)C3CCCN3)CCO2)c1. The van der Waals surface area contributed by atoms with Gasteiger partial charge in [0, 0.05) is 19.3 Å². The number of aryl methyl sites for hydroxylation is 1. The molecular formula is C14H22N4O2. The zero-order chi connectivity index (χ0) is 13.9. The highest BCUT2D eigenvalue weighted by molar-refractivity contribution is 5.82. The van der Waals surface area contributed by atoms with Crippen molar-refractivity contribution in [2.75, 3.05) is 26.2 Å². The Morgan fingerprint density at radius 2 is 2.50 bits per heavy atom. The van der Waals surface area contributed by atoms with Gasteiger partial charge < -0.3 is 15.0 Å². The summed E-state index contributed by atoms with van der Waals surface area (Å²) in [5, 5.41) is 7.55. The minimum absolute atomic E-state index is 0.0145. The average molecular weight is 278 g/mol. The number of nitrogens with zero attached hydrogens (tertiary/aromatic N) is 3. The highest BCUT2D eigenvalue weighted by Gasteiger charge is 2.30. The van der Waals surface area contributed by atoms with Crippen molar-refractivity contribution in [3.8, 4) is 0 Å². The molecule has 0 spiro atoms. The number of hydrogen-bond acceptors (Lipinski definition) is 4. The third-order valence-electron chi connectivity index (χ3n) is 3.96. The first-order chi connectivity index (χ1) is 9.72. The van der Waals surface area contributed by atoms with E-state index in [1.807, 2.05) is 28.9 Å². The lowest BCUT2D eigenvalue weighted by Crippen LogP contribution is -2.52. The number of rotatable bonds is 3. The van der Waals surface area contributed by atoms with Crippen LogP contribution in [0, 0.1) is 6.92 Å². The van der Waals surface area contributed by atoms with Gasteiger partial charge in [-0.3, -0.25) is 9.48 Å². The van der Waals surface area contributed by atoms with Gasteiger partial charge in [0.25, 0.3) is 0 Å². The first-order valence-corrected chi connectivity index (χ1v) is 7.35. The molecule has 1 aromatic heterocycles. The molecule has 20 heavy (non-hydrogen) atoms. The van der Waals surface area contributed by atoms with Gasteiger partial charge in [-0.1, -0.05) is 0 Å². The standard InChI is InChI=1S/C14H22N4O2/c1-11-7-16-18(8-11)10-12-9-17(5-6-20-12)14(19)13-3-2-4-15-13/h7-8,12-13,15H,2-6,9-10H2,1H3. The largest absolute Gasteiger partial charge is 0.373 e. The number of amides is 1. The summed E-state index contributed by atoms with van der Waals surface area (Å²) in [6.45, 7) is 5.66. The first kappa shape index (κ1) is 13.6. The quantitative estimate of drug-likeness (QED) is 0.856. The molecule has 1 amide bonds. The van der Waals surface area contributed by atoms with E-state index in [4.69, 9.17) is 4.74 Å². The summed E-state index contributed by atoms with van der Waals surface area (Å²) in [5.74, 6) is 0.229. The second-order valence-corrected chi connectivity index (χ2v) is 5.67. The van der Waals surface area contributed by atoms with Crippen molar-refractivity contribution in [2.24, 2.45) is 0 Å². The summed E-state index contributed by atoms with van der Waals surface area (Å²) in [4.78, 5) is 14.3. The van der Waals surface area contributed by atoms with E-state index in [2.05, 4.69) is 10.4 Å². The highest BCUT2D eigenvalue weighted by atomic mass is 16.5. The zero-order valence-electron chi connectivity index (χ0n) is 11.9. The summed E-state index contributed by atoms with van der Waals surface area (Å²) in [6, 6.07) is 0.0145.